The van der Waals surface area contributed by atoms with Gasteiger partial charge in [-0.3, -0.25) is 4.72 Å². The first-order valence-electron chi connectivity index (χ1n) is 6.14. The molecular weight excluding hydrogens is 294 g/mol. The second-order valence-corrected chi connectivity index (χ2v) is 6.43. The number of nitrogens with one attached hydrogen (secondary N) is 1. The number of benzene rings is 1. The fraction of sp³-hybridized carbons (Fsp3) is 0.385. The molecule has 0 bridgehead atoms. The highest BCUT2D eigenvalue weighted by molar-refractivity contribution is 7.92. The molecule has 114 valence electrons. The number of hydrogen-bond donors (Lipinski definition) is 1. The van der Waals surface area contributed by atoms with Gasteiger partial charge in [-0.2, -0.15) is 0 Å². The van der Waals surface area contributed by atoms with E-state index < -0.39 is 10.0 Å². The molecular formula is C13H17N3O4S. The number of nitrogens with zero attached hydrogens (tertiary/aromatic N) is 2. The minimum Gasteiger partial charge on any atom is -0.477 e. The Morgan fingerprint density at radius 1 is 1.10 bits per heavy atom. The molecule has 2 aromatic rings. The number of ether oxygens (including phenoxy) is 2. The van der Waals surface area contributed by atoms with E-state index in [1.54, 1.807) is 0 Å². The third-order valence-corrected chi connectivity index (χ3v) is 3.67. The van der Waals surface area contributed by atoms with Gasteiger partial charge in [0.15, 0.2) is 0 Å². The smallest absolute Gasteiger partial charge is 0.278 e. The summed E-state index contributed by atoms with van der Waals surface area (Å²) in [5, 5.41) is 0. The molecule has 8 heteroatoms. The van der Waals surface area contributed by atoms with E-state index in [1.165, 1.54) is 14.2 Å². The van der Waals surface area contributed by atoms with Crippen molar-refractivity contribution in [3.8, 4) is 11.8 Å². The van der Waals surface area contributed by atoms with Crippen LogP contribution in [0.15, 0.2) is 6.07 Å². The second kappa shape index (κ2) is 5.36. The number of methoxy groups -OCH3 is 2. The summed E-state index contributed by atoms with van der Waals surface area (Å²) in [6, 6.07) is 1.83. The second-order valence-electron chi connectivity index (χ2n) is 4.68. The lowest BCUT2D eigenvalue weighted by Gasteiger charge is -2.14. The summed E-state index contributed by atoms with van der Waals surface area (Å²) < 4.78 is 35.9. The van der Waals surface area contributed by atoms with Gasteiger partial charge in [-0.15, -0.1) is 0 Å². The highest BCUT2D eigenvalue weighted by Gasteiger charge is 2.17. The lowest BCUT2D eigenvalue weighted by Crippen LogP contribution is -2.12. The van der Waals surface area contributed by atoms with E-state index >= 15 is 0 Å². The number of fused-ring (bicyclic) bond motifs is 1. The number of anilines is 1. The van der Waals surface area contributed by atoms with E-state index in [1.807, 2.05) is 19.9 Å². The van der Waals surface area contributed by atoms with Crippen LogP contribution in [0.3, 0.4) is 0 Å². The first-order valence-corrected chi connectivity index (χ1v) is 8.03. The Kier molecular flexibility index (Phi) is 3.91. The van der Waals surface area contributed by atoms with Crippen LogP contribution in [0, 0.1) is 13.8 Å². The third-order valence-electron chi connectivity index (χ3n) is 3.09. The predicted molar refractivity (Wildman–Crippen MR) is 80.6 cm³/mol. The number of hydrogen-bond acceptors (Lipinski definition) is 6. The van der Waals surface area contributed by atoms with Crippen molar-refractivity contribution in [3.63, 3.8) is 0 Å². The molecule has 2 rings (SSSR count). The molecule has 0 aliphatic rings. The van der Waals surface area contributed by atoms with Crippen LogP contribution in [-0.2, 0) is 10.0 Å². The standard InChI is InChI=1S/C13H17N3O4S/c1-7-6-9-11(10(8(7)2)16-21(5,17)18)15-13(20-4)12(14-9)19-3/h6,16H,1-5H3. The monoisotopic (exact) mass is 311 g/mol. The average molecular weight is 311 g/mol. The van der Waals surface area contributed by atoms with Gasteiger partial charge in [0.2, 0.25) is 10.0 Å². The molecule has 0 aliphatic carbocycles. The quantitative estimate of drug-likeness (QED) is 0.923. The summed E-state index contributed by atoms with van der Waals surface area (Å²) in [6.07, 6.45) is 1.09. The molecule has 21 heavy (non-hydrogen) atoms. The van der Waals surface area contributed by atoms with E-state index in [-0.39, 0.29) is 11.8 Å². The van der Waals surface area contributed by atoms with E-state index in [2.05, 4.69) is 14.7 Å². The maximum atomic E-state index is 11.6. The summed E-state index contributed by atoms with van der Waals surface area (Å²) in [5.41, 5.74) is 3.04. The minimum absolute atomic E-state index is 0.199. The fourth-order valence-corrected chi connectivity index (χ4v) is 2.59. The zero-order valence-corrected chi connectivity index (χ0v) is 13.3. The van der Waals surface area contributed by atoms with Gasteiger partial charge in [-0.1, -0.05) is 0 Å². The molecule has 0 radical (unpaired) electrons. The number of rotatable bonds is 4. The summed E-state index contributed by atoms with van der Waals surface area (Å²) in [5.74, 6) is 0.448. The molecule has 0 spiro atoms. The van der Waals surface area contributed by atoms with Crippen molar-refractivity contribution in [3.05, 3.63) is 17.2 Å². The molecule has 0 unspecified atom stereocenters. The highest BCUT2D eigenvalue weighted by atomic mass is 32.2. The zero-order chi connectivity index (χ0) is 15.8. The van der Waals surface area contributed by atoms with Gasteiger partial charge in [-0.05, 0) is 31.0 Å². The summed E-state index contributed by atoms with van der Waals surface area (Å²) in [4.78, 5) is 8.63. The molecule has 0 saturated carbocycles. The molecule has 0 saturated heterocycles. The minimum atomic E-state index is -3.43. The van der Waals surface area contributed by atoms with Crippen LogP contribution in [0.1, 0.15) is 11.1 Å². The van der Waals surface area contributed by atoms with Crippen molar-refractivity contribution < 1.29 is 17.9 Å². The molecule has 0 fully saturated rings. The SMILES string of the molecule is COc1nc2cc(C)c(C)c(NS(C)(=O)=O)c2nc1OC. The Labute approximate surface area is 123 Å². The molecule has 0 amide bonds. The first kappa shape index (κ1) is 15.3. The van der Waals surface area contributed by atoms with Crippen molar-refractivity contribution in [2.45, 2.75) is 13.8 Å². The molecule has 0 aliphatic heterocycles. The van der Waals surface area contributed by atoms with Crippen LogP contribution in [-0.4, -0.2) is 38.9 Å². The largest absolute Gasteiger partial charge is 0.477 e. The molecule has 0 atom stereocenters. The maximum absolute atomic E-state index is 11.6. The summed E-state index contributed by atoms with van der Waals surface area (Å²) in [6.45, 7) is 3.70. The molecule has 1 aromatic heterocycles. The topological polar surface area (TPSA) is 90.4 Å². The van der Waals surface area contributed by atoms with Gasteiger partial charge >= 0.3 is 0 Å². The van der Waals surface area contributed by atoms with Crippen LogP contribution in [0.4, 0.5) is 5.69 Å². The number of aromatic nitrogens is 2. The Balaban J connectivity index is 2.84. The number of aryl methyl sites for hydroxylation is 1. The van der Waals surface area contributed by atoms with E-state index in [9.17, 15) is 8.42 Å². The fourth-order valence-electron chi connectivity index (χ4n) is 1.97. The third kappa shape index (κ3) is 2.99. The zero-order valence-electron chi connectivity index (χ0n) is 12.5. The Bertz CT molecular complexity index is 803. The summed E-state index contributed by atoms with van der Waals surface area (Å²) in [7, 11) is -0.518. The predicted octanol–water partition coefficient (Wildman–Crippen LogP) is 1.64. The van der Waals surface area contributed by atoms with Crippen LogP contribution in [0.5, 0.6) is 11.8 Å². The maximum Gasteiger partial charge on any atom is 0.278 e. The van der Waals surface area contributed by atoms with Crippen LogP contribution < -0.4 is 14.2 Å². The lowest BCUT2D eigenvalue weighted by atomic mass is 10.1. The van der Waals surface area contributed by atoms with Gasteiger partial charge in [-0.25, -0.2) is 18.4 Å². The molecule has 1 aromatic carbocycles. The number of sulfonamides is 1. The van der Waals surface area contributed by atoms with Gasteiger partial charge in [0.25, 0.3) is 11.8 Å². The average Bonchev–Trinajstić information content (AvgIpc) is 2.41. The van der Waals surface area contributed by atoms with Gasteiger partial charge < -0.3 is 9.47 Å². The molecule has 7 nitrogen and oxygen atoms in total. The van der Waals surface area contributed by atoms with Crippen molar-refractivity contribution >= 4 is 26.7 Å². The lowest BCUT2D eigenvalue weighted by molar-refractivity contribution is 0.334. The normalized spacial score (nSPS) is 11.5. The Morgan fingerprint density at radius 3 is 2.19 bits per heavy atom. The van der Waals surface area contributed by atoms with Gasteiger partial charge in [0, 0.05) is 0 Å². The van der Waals surface area contributed by atoms with Crippen molar-refractivity contribution in [2.24, 2.45) is 0 Å². The van der Waals surface area contributed by atoms with Crippen molar-refractivity contribution in [1.82, 2.24) is 9.97 Å². The van der Waals surface area contributed by atoms with Gasteiger partial charge in [0.05, 0.1) is 31.7 Å². The highest BCUT2D eigenvalue weighted by Crippen LogP contribution is 2.33. The van der Waals surface area contributed by atoms with Crippen molar-refractivity contribution in [2.75, 3.05) is 25.2 Å². The Morgan fingerprint density at radius 2 is 1.67 bits per heavy atom. The van der Waals surface area contributed by atoms with Crippen LogP contribution in [0.2, 0.25) is 0 Å². The van der Waals surface area contributed by atoms with E-state index in [0.29, 0.717) is 16.7 Å². The summed E-state index contributed by atoms with van der Waals surface area (Å²) >= 11 is 0. The van der Waals surface area contributed by atoms with E-state index in [4.69, 9.17) is 9.47 Å². The van der Waals surface area contributed by atoms with Crippen molar-refractivity contribution in [1.29, 1.82) is 0 Å². The van der Waals surface area contributed by atoms with Crippen LogP contribution >= 0.6 is 0 Å². The van der Waals surface area contributed by atoms with Crippen LogP contribution in [0.25, 0.3) is 11.0 Å². The molecule has 1 heterocycles. The van der Waals surface area contributed by atoms with E-state index in [0.717, 1.165) is 17.4 Å². The molecule has 1 N–H and O–H groups in total. The Hall–Kier alpha value is -2.09. The first-order chi connectivity index (χ1) is 9.76. The van der Waals surface area contributed by atoms with Gasteiger partial charge in [0.1, 0.15) is 5.52 Å².